The molecule has 1 amide bonds. The fourth-order valence-electron chi connectivity index (χ4n) is 4.88. The van der Waals surface area contributed by atoms with Gasteiger partial charge in [-0.3, -0.25) is 9.48 Å². The van der Waals surface area contributed by atoms with Gasteiger partial charge in [-0.2, -0.15) is 10.1 Å². The summed E-state index contributed by atoms with van der Waals surface area (Å²) in [7, 11) is 0. The Hall–Kier alpha value is -2.69. The molecule has 4 aliphatic heterocycles. The summed E-state index contributed by atoms with van der Waals surface area (Å²) in [4.78, 5) is 30.4. The number of piperidine rings is 1. The molecule has 4 aliphatic rings. The van der Waals surface area contributed by atoms with E-state index < -0.39 is 0 Å². The summed E-state index contributed by atoms with van der Waals surface area (Å²) in [6.45, 7) is 2.87. The van der Waals surface area contributed by atoms with Gasteiger partial charge in [0.2, 0.25) is 5.95 Å². The molecule has 6 heterocycles. The van der Waals surface area contributed by atoms with Crippen molar-refractivity contribution < 1.29 is 4.79 Å². The van der Waals surface area contributed by atoms with Crippen LogP contribution in [-0.4, -0.2) is 56.0 Å². The molecular weight excluding hydrogens is 448 g/mol. The average molecular weight is 469 g/mol. The molecule has 1 spiro atoms. The maximum atomic E-state index is 11.6. The summed E-state index contributed by atoms with van der Waals surface area (Å²) in [5, 5.41) is 4.88. The van der Waals surface area contributed by atoms with Crippen LogP contribution in [0.15, 0.2) is 56.8 Å². The van der Waals surface area contributed by atoms with Gasteiger partial charge in [-0.05, 0) is 25.0 Å². The van der Waals surface area contributed by atoms with Gasteiger partial charge >= 0.3 is 0 Å². The molecule has 1 fully saturated rings. The summed E-state index contributed by atoms with van der Waals surface area (Å²) in [5.41, 5.74) is 7.79. The molecule has 11 heteroatoms. The highest BCUT2D eigenvalue weighted by Gasteiger charge is 2.47. The maximum absolute atomic E-state index is 11.6. The van der Waals surface area contributed by atoms with Crippen molar-refractivity contribution in [1.29, 1.82) is 0 Å². The van der Waals surface area contributed by atoms with Crippen LogP contribution in [0.1, 0.15) is 24.6 Å². The number of carbonyl (C=O) groups excluding carboxylic acids is 1. The molecule has 2 aromatic rings. The summed E-state index contributed by atoms with van der Waals surface area (Å²) >= 11 is 7.93. The molecule has 0 aliphatic carbocycles. The Kier molecular flexibility index (Phi) is 4.63. The molecule has 2 aromatic heterocycles. The van der Waals surface area contributed by atoms with E-state index in [9.17, 15) is 4.79 Å². The van der Waals surface area contributed by atoms with Crippen LogP contribution in [-0.2, 0) is 11.3 Å². The molecule has 32 heavy (non-hydrogen) atoms. The lowest BCUT2D eigenvalue weighted by Crippen LogP contribution is -2.45. The van der Waals surface area contributed by atoms with Crippen LogP contribution in [0.2, 0.25) is 0 Å². The zero-order valence-corrected chi connectivity index (χ0v) is 18.8. The molecular formula is C21H21ClN8OS. The Morgan fingerprint density at radius 1 is 1.22 bits per heavy atom. The highest BCUT2D eigenvalue weighted by Crippen LogP contribution is 2.47. The van der Waals surface area contributed by atoms with Crippen LogP contribution in [0.3, 0.4) is 0 Å². The second kappa shape index (κ2) is 7.43. The van der Waals surface area contributed by atoms with Gasteiger partial charge in [0.05, 0.1) is 16.8 Å². The minimum absolute atomic E-state index is 0.0316. The lowest BCUT2D eigenvalue weighted by molar-refractivity contribution is -0.116. The highest BCUT2D eigenvalue weighted by atomic mass is 35.5. The first kappa shape index (κ1) is 20.0. The fourth-order valence-corrected chi connectivity index (χ4v) is 5.98. The van der Waals surface area contributed by atoms with Crippen molar-refractivity contribution in [3.63, 3.8) is 0 Å². The first-order valence-corrected chi connectivity index (χ1v) is 11.7. The van der Waals surface area contributed by atoms with Crippen molar-refractivity contribution in [2.75, 3.05) is 24.5 Å². The number of nitrogens with two attached hydrogens (primary N) is 1. The monoisotopic (exact) mass is 468 g/mol. The molecule has 164 valence electrons. The number of thioether (sulfide) groups is 1. The zero-order chi connectivity index (χ0) is 21.9. The second-order valence-corrected chi connectivity index (χ2v) is 10.0. The molecule has 9 nitrogen and oxygen atoms in total. The maximum Gasteiger partial charge on any atom is 0.267 e. The third kappa shape index (κ3) is 3.16. The van der Waals surface area contributed by atoms with Gasteiger partial charge in [-0.15, -0.1) is 0 Å². The van der Waals surface area contributed by atoms with Gasteiger partial charge in [0, 0.05) is 59.6 Å². The topological polar surface area (TPSA) is 106 Å². The van der Waals surface area contributed by atoms with Crippen LogP contribution < -0.4 is 10.6 Å². The number of hydrogen-bond acceptors (Lipinski definition) is 8. The highest BCUT2D eigenvalue weighted by molar-refractivity contribution is 8.03. The number of anilines is 1. The van der Waals surface area contributed by atoms with Crippen LogP contribution in [0.4, 0.5) is 5.95 Å². The van der Waals surface area contributed by atoms with Crippen LogP contribution in [0.25, 0.3) is 0 Å². The third-order valence-corrected chi connectivity index (χ3v) is 8.19. The van der Waals surface area contributed by atoms with Crippen LogP contribution in [0, 0.1) is 5.41 Å². The Bertz CT molecular complexity index is 1180. The predicted octanol–water partition coefficient (Wildman–Crippen LogP) is 2.28. The number of aliphatic imine (C=N–C) groups is 1. The van der Waals surface area contributed by atoms with Crippen molar-refractivity contribution in [2.45, 2.75) is 30.3 Å². The molecule has 2 N–H and O–H groups in total. The third-order valence-electron chi connectivity index (χ3n) is 6.70. The summed E-state index contributed by atoms with van der Waals surface area (Å²) in [6, 6.07) is 2.06. The molecule has 0 saturated carbocycles. The number of fused-ring (bicyclic) bond motifs is 2. The van der Waals surface area contributed by atoms with Crippen molar-refractivity contribution in [2.24, 2.45) is 16.1 Å². The van der Waals surface area contributed by atoms with Gasteiger partial charge in [-0.1, -0.05) is 23.4 Å². The van der Waals surface area contributed by atoms with E-state index in [-0.39, 0.29) is 23.9 Å². The number of halogens is 1. The predicted molar refractivity (Wildman–Crippen MR) is 122 cm³/mol. The first-order chi connectivity index (χ1) is 15.5. The zero-order valence-electron chi connectivity index (χ0n) is 17.2. The molecule has 6 rings (SSSR count). The van der Waals surface area contributed by atoms with Crippen molar-refractivity contribution in [3.8, 4) is 0 Å². The van der Waals surface area contributed by atoms with E-state index >= 15 is 0 Å². The standard InChI is InChI=1S/C21H21ClN8OS/c22-17-15(2-6-29-11-16(31)27-19(17)29)32-13-9-24-20(25-10-13)28-7-3-21(4-8-28)12-30-14(18(21)23)1-5-26-30/h1-2,5-6,9-10,18H,3-4,7-8,11-12,23H2/t18-/m1/s1. The average Bonchev–Trinajstić information content (AvgIpc) is 3.48. The number of allylic oxidation sites excluding steroid dienone is 1. The van der Waals surface area contributed by atoms with E-state index in [1.165, 1.54) is 11.8 Å². The van der Waals surface area contributed by atoms with Gasteiger partial charge < -0.3 is 15.5 Å². The SMILES string of the molecule is N[C@@H]1c2ccnn2CC12CCN(c1ncc(SC3=C(Cl)C4=NC(=O)CN4C=C3)cn1)CC2. The molecule has 0 radical (unpaired) electrons. The van der Waals surface area contributed by atoms with Crippen molar-refractivity contribution >= 4 is 41.1 Å². The summed E-state index contributed by atoms with van der Waals surface area (Å²) in [6.07, 6.45) is 11.1. The number of rotatable bonds is 3. The molecule has 0 bridgehead atoms. The summed E-state index contributed by atoms with van der Waals surface area (Å²) in [5.74, 6) is 1.05. The van der Waals surface area contributed by atoms with E-state index in [0.29, 0.717) is 10.9 Å². The molecule has 1 atom stereocenters. The van der Waals surface area contributed by atoms with Gasteiger partial charge in [0.25, 0.3) is 5.91 Å². The van der Waals surface area contributed by atoms with Crippen molar-refractivity contribution in [1.82, 2.24) is 24.6 Å². The van der Waals surface area contributed by atoms with Gasteiger partial charge in [0.1, 0.15) is 6.54 Å². The quantitative estimate of drug-likeness (QED) is 0.731. The Balaban J connectivity index is 1.12. The Morgan fingerprint density at radius 3 is 2.75 bits per heavy atom. The lowest BCUT2D eigenvalue weighted by Gasteiger charge is -2.41. The number of hydrogen-bond donors (Lipinski definition) is 1. The number of amidine groups is 1. The van der Waals surface area contributed by atoms with Gasteiger partial charge in [-0.25, -0.2) is 9.97 Å². The molecule has 0 unspecified atom stereocenters. The van der Waals surface area contributed by atoms with Crippen LogP contribution >= 0.6 is 23.4 Å². The number of nitrogens with zero attached hydrogens (tertiary/aromatic N) is 7. The van der Waals surface area contributed by atoms with E-state index in [4.69, 9.17) is 17.3 Å². The normalized spacial score (nSPS) is 23.8. The number of aromatic nitrogens is 4. The van der Waals surface area contributed by atoms with E-state index in [0.717, 1.165) is 53.9 Å². The largest absolute Gasteiger partial charge is 0.341 e. The smallest absolute Gasteiger partial charge is 0.267 e. The second-order valence-electron chi connectivity index (χ2n) is 8.51. The summed E-state index contributed by atoms with van der Waals surface area (Å²) < 4.78 is 2.05. The van der Waals surface area contributed by atoms with Gasteiger partial charge in [0.15, 0.2) is 5.84 Å². The Morgan fingerprint density at radius 2 is 2.00 bits per heavy atom. The molecule has 0 aromatic carbocycles. The van der Waals surface area contributed by atoms with E-state index in [1.807, 2.05) is 36.9 Å². The van der Waals surface area contributed by atoms with E-state index in [1.54, 1.807) is 4.90 Å². The van der Waals surface area contributed by atoms with Crippen LogP contribution in [0.5, 0.6) is 0 Å². The van der Waals surface area contributed by atoms with E-state index in [2.05, 4.69) is 29.6 Å². The number of carbonyl (C=O) groups is 1. The lowest BCUT2D eigenvalue weighted by atomic mass is 9.74. The number of amides is 1. The molecule has 1 saturated heterocycles. The fraction of sp³-hybridized carbons (Fsp3) is 0.381. The first-order valence-electron chi connectivity index (χ1n) is 10.5. The Labute approximate surface area is 194 Å². The van der Waals surface area contributed by atoms with Crippen molar-refractivity contribution in [3.05, 3.63) is 52.6 Å². The minimum atomic E-state index is -0.187. The minimum Gasteiger partial charge on any atom is -0.341 e.